The molecule has 0 bridgehead atoms. The molecule has 0 spiro atoms. The van der Waals surface area contributed by atoms with Crippen LogP contribution >= 0.6 is 0 Å². The highest BCUT2D eigenvalue weighted by Gasteiger charge is 2.34. The Morgan fingerprint density at radius 3 is 2.56 bits per heavy atom. The minimum Gasteiger partial charge on any atom is -0.497 e. The molecule has 184 valence electrons. The first kappa shape index (κ1) is 24.1. The zero-order chi connectivity index (χ0) is 24.1. The summed E-state index contributed by atoms with van der Waals surface area (Å²) < 4.78 is 7.08. The number of benzene rings is 1. The lowest BCUT2D eigenvalue weighted by molar-refractivity contribution is -0.127. The Labute approximate surface area is 201 Å². The first-order chi connectivity index (χ1) is 16.5. The topological polar surface area (TPSA) is 82.9 Å². The van der Waals surface area contributed by atoms with E-state index in [1.807, 2.05) is 36.7 Å². The van der Waals surface area contributed by atoms with Gasteiger partial charge in [0.2, 0.25) is 11.8 Å². The molecule has 2 aromatic rings. The van der Waals surface area contributed by atoms with Gasteiger partial charge in [-0.15, -0.1) is 0 Å². The Morgan fingerprint density at radius 2 is 1.88 bits per heavy atom. The third-order valence-electron chi connectivity index (χ3n) is 6.70. The Balaban J connectivity index is 1.21. The summed E-state index contributed by atoms with van der Waals surface area (Å²) >= 11 is 0. The predicted molar refractivity (Wildman–Crippen MR) is 132 cm³/mol. The van der Waals surface area contributed by atoms with Crippen molar-refractivity contribution in [3.8, 4) is 5.75 Å². The molecule has 0 radical (unpaired) electrons. The Morgan fingerprint density at radius 1 is 1.15 bits per heavy atom. The highest BCUT2D eigenvalue weighted by atomic mass is 16.5. The van der Waals surface area contributed by atoms with Crippen LogP contribution in [-0.4, -0.2) is 78.9 Å². The standard InChI is InChI=1S/C25H36N6O3/c1-4-22(31-23-18-19(2)27-30(23)13-10-24(31)32)25(33)26-11-5-12-28-14-16-29(17-15-28)20-6-8-21(34-3)9-7-20/h6-9,18,22H,4-5,10-17H2,1-3H3,(H,26,33)/t22-/m1/s1. The second kappa shape index (κ2) is 10.9. The number of rotatable bonds is 9. The molecule has 2 aliphatic heterocycles. The van der Waals surface area contributed by atoms with Crippen molar-refractivity contribution in [3.63, 3.8) is 0 Å². The summed E-state index contributed by atoms with van der Waals surface area (Å²) in [6.45, 7) is 9.96. The van der Waals surface area contributed by atoms with Gasteiger partial charge < -0.3 is 15.0 Å². The molecule has 1 fully saturated rings. The van der Waals surface area contributed by atoms with E-state index in [-0.39, 0.29) is 11.8 Å². The van der Waals surface area contributed by atoms with E-state index in [1.165, 1.54) is 5.69 Å². The fourth-order valence-corrected chi connectivity index (χ4v) is 4.81. The summed E-state index contributed by atoms with van der Waals surface area (Å²) in [7, 11) is 1.68. The molecule has 2 amide bonds. The summed E-state index contributed by atoms with van der Waals surface area (Å²) in [5, 5.41) is 7.51. The number of piperazine rings is 1. The van der Waals surface area contributed by atoms with Crippen LogP contribution in [0.5, 0.6) is 5.75 Å². The molecule has 3 heterocycles. The molecule has 9 nitrogen and oxygen atoms in total. The van der Waals surface area contributed by atoms with Crippen LogP contribution in [0.4, 0.5) is 11.5 Å². The SMILES string of the molecule is CC[C@H](C(=O)NCCCN1CCN(c2ccc(OC)cc2)CC1)N1C(=O)CCn2nc(C)cc21. The number of aromatic nitrogens is 2. The Kier molecular flexibility index (Phi) is 7.72. The van der Waals surface area contributed by atoms with Gasteiger partial charge in [-0.25, -0.2) is 4.68 Å². The van der Waals surface area contributed by atoms with Gasteiger partial charge in [0.1, 0.15) is 17.6 Å². The maximum absolute atomic E-state index is 13.0. The fraction of sp³-hybridized carbons (Fsp3) is 0.560. The number of anilines is 2. The molecular formula is C25H36N6O3. The third kappa shape index (κ3) is 5.35. The summed E-state index contributed by atoms with van der Waals surface area (Å²) in [6.07, 6.45) is 1.82. The van der Waals surface area contributed by atoms with E-state index in [4.69, 9.17) is 4.74 Å². The van der Waals surface area contributed by atoms with E-state index >= 15 is 0 Å². The molecule has 2 aliphatic rings. The first-order valence-corrected chi connectivity index (χ1v) is 12.3. The van der Waals surface area contributed by atoms with Crippen LogP contribution in [0, 0.1) is 6.92 Å². The monoisotopic (exact) mass is 468 g/mol. The second-order valence-corrected chi connectivity index (χ2v) is 8.98. The van der Waals surface area contributed by atoms with E-state index in [9.17, 15) is 9.59 Å². The lowest BCUT2D eigenvalue weighted by Crippen LogP contribution is -2.52. The number of hydrogen-bond donors (Lipinski definition) is 1. The van der Waals surface area contributed by atoms with Crippen molar-refractivity contribution in [2.75, 3.05) is 56.2 Å². The van der Waals surface area contributed by atoms with Crippen molar-refractivity contribution in [1.82, 2.24) is 20.0 Å². The van der Waals surface area contributed by atoms with Gasteiger partial charge in [0.05, 0.1) is 19.3 Å². The summed E-state index contributed by atoms with van der Waals surface area (Å²) in [5.74, 6) is 1.50. The summed E-state index contributed by atoms with van der Waals surface area (Å²) in [4.78, 5) is 32.1. The van der Waals surface area contributed by atoms with Gasteiger partial charge in [0, 0.05) is 50.9 Å². The van der Waals surface area contributed by atoms with E-state index < -0.39 is 6.04 Å². The number of hydrogen-bond acceptors (Lipinski definition) is 6. The minimum atomic E-state index is -0.504. The Bertz CT molecular complexity index is 981. The molecular weight excluding hydrogens is 432 g/mol. The van der Waals surface area contributed by atoms with Crippen molar-refractivity contribution in [1.29, 1.82) is 0 Å². The zero-order valence-corrected chi connectivity index (χ0v) is 20.5. The van der Waals surface area contributed by atoms with Crippen molar-refractivity contribution in [3.05, 3.63) is 36.0 Å². The molecule has 1 N–H and O–H groups in total. The van der Waals surface area contributed by atoms with E-state index in [2.05, 4.69) is 32.3 Å². The van der Waals surface area contributed by atoms with Crippen molar-refractivity contribution in [2.24, 2.45) is 0 Å². The van der Waals surface area contributed by atoms with Crippen LogP contribution in [0.15, 0.2) is 30.3 Å². The lowest BCUT2D eigenvalue weighted by Gasteiger charge is -2.36. The van der Waals surface area contributed by atoms with Gasteiger partial charge in [-0.1, -0.05) is 6.92 Å². The highest BCUT2D eigenvalue weighted by molar-refractivity contribution is 6.00. The second-order valence-electron chi connectivity index (χ2n) is 8.98. The van der Waals surface area contributed by atoms with Gasteiger partial charge in [-0.05, 0) is 50.6 Å². The first-order valence-electron chi connectivity index (χ1n) is 12.3. The van der Waals surface area contributed by atoms with Gasteiger partial charge in [0.25, 0.3) is 0 Å². The van der Waals surface area contributed by atoms with E-state index in [1.54, 1.807) is 12.0 Å². The van der Waals surface area contributed by atoms with Crippen LogP contribution in [0.1, 0.15) is 31.9 Å². The van der Waals surface area contributed by atoms with E-state index in [0.29, 0.717) is 25.9 Å². The van der Waals surface area contributed by atoms with Gasteiger partial charge in [-0.3, -0.25) is 19.4 Å². The molecule has 1 aromatic carbocycles. The average molecular weight is 469 g/mol. The van der Waals surface area contributed by atoms with Crippen molar-refractivity contribution < 1.29 is 14.3 Å². The maximum atomic E-state index is 13.0. The van der Waals surface area contributed by atoms with Crippen LogP contribution in [0.2, 0.25) is 0 Å². The predicted octanol–water partition coefficient (Wildman–Crippen LogP) is 2.04. The molecule has 1 saturated heterocycles. The van der Waals surface area contributed by atoms with Crippen LogP contribution in [0.25, 0.3) is 0 Å². The number of ether oxygens (including phenoxy) is 1. The molecule has 9 heteroatoms. The number of amides is 2. The summed E-state index contributed by atoms with van der Waals surface area (Å²) in [6, 6.07) is 9.60. The lowest BCUT2D eigenvalue weighted by atomic mass is 10.1. The molecule has 34 heavy (non-hydrogen) atoms. The molecule has 4 rings (SSSR count). The number of aryl methyl sites for hydroxylation is 2. The quantitative estimate of drug-likeness (QED) is 0.567. The zero-order valence-electron chi connectivity index (χ0n) is 20.5. The molecule has 1 aromatic heterocycles. The Hall–Kier alpha value is -3.07. The molecule has 1 atom stereocenters. The van der Waals surface area contributed by atoms with Crippen molar-refractivity contribution in [2.45, 2.75) is 45.7 Å². The third-order valence-corrected chi connectivity index (χ3v) is 6.70. The van der Waals surface area contributed by atoms with Crippen LogP contribution in [-0.2, 0) is 16.1 Å². The van der Waals surface area contributed by atoms with Gasteiger partial charge in [0.15, 0.2) is 0 Å². The number of fused-ring (bicyclic) bond motifs is 1. The largest absolute Gasteiger partial charge is 0.497 e. The number of methoxy groups -OCH3 is 1. The van der Waals surface area contributed by atoms with Crippen LogP contribution < -0.4 is 19.9 Å². The molecule has 0 aliphatic carbocycles. The fourth-order valence-electron chi connectivity index (χ4n) is 4.81. The smallest absolute Gasteiger partial charge is 0.243 e. The maximum Gasteiger partial charge on any atom is 0.243 e. The highest BCUT2D eigenvalue weighted by Crippen LogP contribution is 2.26. The average Bonchev–Trinajstić information content (AvgIpc) is 3.24. The number of nitrogens with one attached hydrogen (secondary N) is 1. The van der Waals surface area contributed by atoms with Crippen molar-refractivity contribution >= 4 is 23.3 Å². The molecule has 0 unspecified atom stereocenters. The van der Waals surface area contributed by atoms with E-state index in [0.717, 1.165) is 56.4 Å². The number of carbonyl (C=O) groups is 2. The molecule has 0 saturated carbocycles. The number of carbonyl (C=O) groups excluding carboxylic acids is 2. The van der Waals surface area contributed by atoms with Gasteiger partial charge in [-0.2, -0.15) is 5.10 Å². The number of nitrogens with zero attached hydrogens (tertiary/aromatic N) is 5. The minimum absolute atomic E-state index is 0.0101. The normalized spacial score (nSPS) is 17.4. The van der Waals surface area contributed by atoms with Crippen LogP contribution in [0.3, 0.4) is 0 Å². The van der Waals surface area contributed by atoms with Gasteiger partial charge >= 0.3 is 0 Å². The summed E-state index contributed by atoms with van der Waals surface area (Å²) in [5.41, 5.74) is 2.08.